The second-order valence-electron chi connectivity index (χ2n) is 16.7. The van der Waals surface area contributed by atoms with E-state index in [4.69, 9.17) is 4.98 Å². The number of halogens is 3. The average molecular weight is 816 g/mol. The Hall–Kier alpha value is -4.79. The molecule has 4 aliphatic rings. The Morgan fingerprint density at radius 2 is 1.66 bits per heavy atom. The smallest absolute Gasteiger partial charge is 0.396 e. The molecule has 0 radical (unpaired) electrons. The minimum Gasteiger partial charge on any atom is -0.396 e. The van der Waals surface area contributed by atoms with E-state index in [1.54, 1.807) is 0 Å². The molecule has 3 N–H and O–H groups in total. The number of piperazine rings is 1. The molecule has 4 fully saturated rings. The molecule has 1 aliphatic carbocycles. The first-order valence-corrected chi connectivity index (χ1v) is 21.0. The van der Waals surface area contributed by atoms with Gasteiger partial charge in [0.15, 0.2) is 0 Å². The van der Waals surface area contributed by atoms with Crippen LogP contribution in [0.1, 0.15) is 85.8 Å². The maximum atomic E-state index is 13.4. The zero-order chi connectivity index (χ0) is 41.7. The SMILES string of the molecule is C=C(/C=C\C(=C/C)N1CCC(CN2CCN(Cc3ccc4c(c3)nc(NC(=O)c3cccc(C(F)(F)F)c3)n4[C@H]3CC[C@@H](CO)CC3)CC2)CC1)[C@@H]1CCC(=O)NC1=O. The highest BCUT2D eigenvalue weighted by molar-refractivity contribution is 6.04. The minimum absolute atomic E-state index is 0.0325. The van der Waals surface area contributed by atoms with Crippen LogP contribution in [0, 0.1) is 17.8 Å². The molecule has 1 saturated carbocycles. The number of aliphatic hydroxyl groups is 1. The monoisotopic (exact) mass is 815 g/mol. The lowest BCUT2D eigenvalue weighted by Gasteiger charge is -2.39. The lowest BCUT2D eigenvalue weighted by molar-refractivity contribution is -0.138. The van der Waals surface area contributed by atoms with Gasteiger partial charge in [0.2, 0.25) is 17.8 Å². The number of amides is 3. The third-order valence-electron chi connectivity index (χ3n) is 12.7. The quantitative estimate of drug-likeness (QED) is 0.133. The minimum atomic E-state index is -4.56. The summed E-state index contributed by atoms with van der Waals surface area (Å²) in [7, 11) is 0. The van der Waals surface area contributed by atoms with Crippen molar-refractivity contribution in [2.24, 2.45) is 17.8 Å². The number of nitrogens with zero attached hydrogens (tertiary/aromatic N) is 5. The molecular weight excluding hydrogens is 760 g/mol. The number of fused-ring (bicyclic) bond motifs is 1. The summed E-state index contributed by atoms with van der Waals surface area (Å²) in [5.74, 6) is -0.325. The summed E-state index contributed by atoms with van der Waals surface area (Å²) in [5, 5.41) is 15.0. The molecule has 3 amide bonds. The number of allylic oxidation sites excluding steroid dienone is 3. The molecule has 7 rings (SSSR count). The van der Waals surface area contributed by atoms with Gasteiger partial charge >= 0.3 is 6.18 Å². The fourth-order valence-corrected chi connectivity index (χ4v) is 9.16. The van der Waals surface area contributed by atoms with Crippen LogP contribution in [0.4, 0.5) is 19.1 Å². The molecule has 14 heteroatoms. The van der Waals surface area contributed by atoms with E-state index in [2.05, 4.69) is 50.1 Å². The Labute approximate surface area is 344 Å². The van der Waals surface area contributed by atoms with Crippen molar-refractivity contribution >= 4 is 34.7 Å². The van der Waals surface area contributed by atoms with Crippen molar-refractivity contribution in [1.82, 2.24) is 29.6 Å². The van der Waals surface area contributed by atoms with Crippen LogP contribution in [0.5, 0.6) is 0 Å². The highest BCUT2D eigenvalue weighted by atomic mass is 19.4. The maximum Gasteiger partial charge on any atom is 0.416 e. The molecule has 3 saturated heterocycles. The van der Waals surface area contributed by atoms with Gasteiger partial charge in [0.1, 0.15) is 0 Å². The van der Waals surface area contributed by atoms with Crippen LogP contribution >= 0.6 is 0 Å². The number of aliphatic hydroxyl groups excluding tert-OH is 1. The molecule has 11 nitrogen and oxygen atoms in total. The number of nitrogens with one attached hydrogen (secondary N) is 2. The maximum absolute atomic E-state index is 13.4. The van der Waals surface area contributed by atoms with Crippen molar-refractivity contribution in [3.8, 4) is 0 Å². The molecule has 3 aliphatic heterocycles. The lowest BCUT2D eigenvalue weighted by Crippen LogP contribution is -2.48. The Kier molecular flexibility index (Phi) is 13.4. The molecule has 2 aromatic carbocycles. The van der Waals surface area contributed by atoms with Gasteiger partial charge < -0.3 is 19.5 Å². The van der Waals surface area contributed by atoms with Gasteiger partial charge in [-0.15, -0.1) is 0 Å². The Balaban J connectivity index is 0.927. The highest BCUT2D eigenvalue weighted by Gasteiger charge is 2.32. The van der Waals surface area contributed by atoms with Crippen molar-refractivity contribution in [3.05, 3.63) is 95.2 Å². The van der Waals surface area contributed by atoms with Crippen LogP contribution in [0.2, 0.25) is 0 Å². The van der Waals surface area contributed by atoms with Gasteiger partial charge in [-0.25, -0.2) is 4.98 Å². The predicted octanol–water partition coefficient (Wildman–Crippen LogP) is 6.93. The van der Waals surface area contributed by atoms with Crippen LogP contribution in [0.15, 0.2) is 78.5 Å². The number of hydrogen-bond acceptors (Lipinski definition) is 8. The third-order valence-corrected chi connectivity index (χ3v) is 12.7. The number of alkyl halides is 3. The number of hydrogen-bond donors (Lipinski definition) is 3. The largest absolute Gasteiger partial charge is 0.416 e. The number of carbonyl (C=O) groups is 3. The highest BCUT2D eigenvalue weighted by Crippen LogP contribution is 2.37. The molecule has 316 valence electrons. The first kappa shape index (κ1) is 42.3. The van der Waals surface area contributed by atoms with Gasteiger partial charge in [0.05, 0.1) is 22.5 Å². The number of imidazole rings is 1. The van der Waals surface area contributed by atoms with Crippen molar-refractivity contribution in [2.75, 3.05) is 57.7 Å². The fourth-order valence-electron chi connectivity index (χ4n) is 9.16. The molecule has 1 atom stereocenters. The van der Waals surface area contributed by atoms with Gasteiger partial charge in [-0.3, -0.25) is 29.9 Å². The third kappa shape index (κ3) is 10.3. The molecule has 0 bridgehead atoms. The lowest BCUT2D eigenvalue weighted by atomic mass is 9.86. The Morgan fingerprint density at radius 3 is 2.34 bits per heavy atom. The zero-order valence-electron chi connectivity index (χ0n) is 33.9. The van der Waals surface area contributed by atoms with E-state index >= 15 is 0 Å². The second kappa shape index (κ2) is 18.6. The molecule has 59 heavy (non-hydrogen) atoms. The van der Waals surface area contributed by atoms with Gasteiger partial charge in [0, 0.05) is 82.7 Å². The van der Waals surface area contributed by atoms with E-state index in [0.29, 0.717) is 24.7 Å². The Bertz CT molecular complexity index is 2070. The van der Waals surface area contributed by atoms with E-state index in [9.17, 15) is 32.7 Å². The van der Waals surface area contributed by atoms with Gasteiger partial charge in [-0.05, 0) is 111 Å². The van der Waals surface area contributed by atoms with Gasteiger partial charge in [0.25, 0.3) is 5.91 Å². The summed E-state index contributed by atoms with van der Waals surface area (Å²) in [6.45, 7) is 13.9. The van der Waals surface area contributed by atoms with E-state index in [0.717, 1.165) is 131 Å². The molecular formula is C45H56F3N7O4. The summed E-state index contributed by atoms with van der Waals surface area (Å²) in [6, 6.07) is 10.7. The zero-order valence-corrected chi connectivity index (χ0v) is 33.9. The van der Waals surface area contributed by atoms with Gasteiger partial charge in [-0.1, -0.05) is 30.9 Å². The number of likely N-dealkylation sites (tertiary alicyclic amines) is 1. The fraction of sp³-hybridized carbons (Fsp3) is 0.511. The summed E-state index contributed by atoms with van der Waals surface area (Å²) in [4.78, 5) is 49.4. The van der Waals surface area contributed by atoms with Crippen molar-refractivity contribution in [1.29, 1.82) is 0 Å². The number of benzene rings is 2. The first-order chi connectivity index (χ1) is 28.4. The van der Waals surface area contributed by atoms with E-state index in [-0.39, 0.29) is 41.9 Å². The van der Waals surface area contributed by atoms with Crippen LogP contribution in [0.3, 0.4) is 0 Å². The summed E-state index contributed by atoms with van der Waals surface area (Å²) in [5.41, 5.74) is 3.58. The molecule has 1 aromatic heterocycles. The predicted molar refractivity (Wildman–Crippen MR) is 221 cm³/mol. The van der Waals surface area contributed by atoms with Gasteiger partial charge in [-0.2, -0.15) is 13.2 Å². The number of imide groups is 1. The van der Waals surface area contributed by atoms with Crippen molar-refractivity contribution in [3.63, 3.8) is 0 Å². The molecule has 0 unspecified atom stereocenters. The molecule has 0 spiro atoms. The van der Waals surface area contributed by atoms with E-state index < -0.39 is 17.6 Å². The standard InChI is InChI=1S/C45H56F3N7O4/c1-3-36(11-7-30(2)38-14-16-41(57)50-43(38)59)54-19-17-31(18-20-54)27-52-21-23-53(24-22-52)28-33-10-15-40-39(25-33)49-44(55(40)37-12-8-32(29-56)9-13-37)51-42(58)34-5-4-6-35(26-34)45(46,47)48/h3-7,10-11,15,25-26,31-32,37-38,56H,2,8-9,12-14,16-24,27-29H2,1H3,(H,49,51,58)(H,50,57,59)/b11-7-,36-3+/t32-,37+,38-/m0/s1. The van der Waals surface area contributed by atoms with Crippen LogP contribution in [-0.2, 0) is 22.3 Å². The van der Waals surface area contributed by atoms with Crippen molar-refractivity contribution < 1.29 is 32.7 Å². The molecule has 3 aromatic rings. The number of piperidine rings is 2. The van der Waals surface area contributed by atoms with E-state index in [1.165, 1.54) is 12.1 Å². The number of carbonyl (C=O) groups excluding carboxylic acids is 3. The van der Waals surface area contributed by atoms with Crippen LogP contribution in [0.25, 0.3) is 11.0 Å². The normalized spacial score (nSPS) is 23.2. The van der Waals surface area contributed by atoms with Crippen LogP contribution in [-0.4, -0.2) is 99.5 Å². The number of aromatic nitrogens is 2. The molecule has 4 heterocycles. The number of anilines is 1. The first-order valence-electron chi connectivity index (χ1n) is 21.0. The summed E-state index contributed by atoms with van der Waals surface area (Å²) in [6.07, 6.45) is 7.83. The topological polar surface area (TPSA) is 123 Å². The van der Waals surface area contributed by atoms with Crippen LogP contribution < -0.4 is 10.6 Å². The second-order valence-corrected chi connectivity index (χ2v) is 16.7. The summed E-state index contributed by atoms with van der Waals surface area (Å²) < 4.78 is 42.3. The summed E-state index contributed by atoms with van der Waals surface area (Å²) >= 11 is 0. The van der Waals surface area contributed by atoms with E-state index in [1.807, 2.05) is 29.7 Å². The average Bonchev–Trinajstić information content (AvgIpc) is 3.58. The number of rotatable bonds is 12. The van der Waals surface area contributed by atoms with Crippen molar-refractivity contribution in [2.45, 2.75) is 77.1 Å². The Morgan fingerprint density at radius 1 is 0.932 bits per heavy atom.